The van der Waals surface area contributed by atoms with Crippen molar-refractivity contribution in [3.05, 3.63) is 11.1 Å². The lowest BCUT2D eigenvalue weighted by Crippen LogP contribution is -2.21. The van der Waals surface area contributed by atoms with Crippen molar-refractivity contribution < 1.29 is 4.74 Å². The molecule has 0 radical (unpaired) electrons. The number of aryl methyl sites for hydroxylation is 1. The van der Waals surface area contributed by atoms with Crippen LogP contribution in [-0.2, 0) is 4.74 Å². The molecule has 1 unspecified atom stereocenters. The first-order chi connectivity index (χ1) is 10.2. The molecule has 0 amide bonds. The average molecular weight is 324 g/mol. The lowest BCUT2D eigenvalue weighted by Gasteiger charge is -2.22. The van der Waals surface area contributed by atoms with Crippen LogP contribution in [0.5, 0.6) is 0 Å². The summed E-state index contributed by atoms with van der Waals surface area (Å²) in [5, 5.41) is 7.44. The van der Waals surface area contributed by atoms with Crippen LogP contribution in [0.2, 0.25) is 0 Å². The summed E-state index contributed by atoms with van der Waals surface area (Å²) in [6, 6.07) is 0. The summed E-state index contributed by atoms with van der Waals surface area (Å²) in [5.74, 6) is 0.561. The summed E-state index contributed by atoms with van der Waals surface area (Å²) < 4.78 is 10.0. The molecule has 1 aliphatic heterocycles. The zero-order valence-corrected chi connectivity index (χ0v) is 13.7. The van der Waals surface area contributed by atoms with E-state index in [4.69, 9.17) is 10.5 Å². The Labute approximate surface area is 132 Å². The third kappa shape index (κ3) is 3.53. The number of nitrogens with one attached hydrogen (secondary N) is 1. The molecule has 2 aromatic heterocycles. The van der Waals surface area contributed by atoms with Crippen molar-refractivity contribution in [3.8, 4) is 10.6 Å². The van der Waals surface area contributed by atoms with Crippen molar-refractivity contribution in [2.45, 2.75) is 38.7 Å². The van der Waals surface area contributed by atoms with Crippen LogP contribution in [0, 0.1) is 6.92 Å². The van der Waals surface area contributed by atoms with Crippen LogP contribution in [0.15, 0.2) is 5.38 Å². The van der Waals surface area contributed by atoms with Crippen LogP contribution in [0.25, 0.3) is 10.6 Å². The Hall–Kier alpha value is -1.18. The minimum Gasteiger partial charge on any atom is -0.382 e. The number of rotatable bonds is 5. The van der Waals surface area contributed by atoms with Crippen LogP contribution in [0.3, 0.4) is 0 Å². The van der Waals surface area contributed by atoms with Crippen LogP contribution < -0.4 is 11.1 Å². The van der Waals surface area contributed by atoms with Gasteiger partial charge in [-0.3, -0.25) is 0 Å². The number of hydrogen-bond acceptors (Lipinski definition) is 7. The van der Waals surface area contributed by atoms with Crippen molar-refractivity contribution >= 4 is 33.7 Å². The summed E-state index contributed by atoms with van der Waals surface area (Å²) in [6.45, 7) is 3.77. The lowest BCUT2D eigenvalue weighted by atomic mass is 10.1. The van der Waals surface area contributed by atoms with E-state index in [1.54, 1.807) is 11.3 Å². The van der Waals surface area contributed by atoms with E-state index in [0.29, 0.717) is 11.9 Å². The first-order valence-electron chi connectivity index (χ1n) is 7.27. The monoisotopic (exact) mass is 324 g/mol. The van der Waals surface area contributed by atoms with Crippen molar-refractivity contribution in [3.63, 3.8) is 0 Å². The SMILES string of the molecule is Cc1csc(-c2c(N)nsc2NCCC2CCCCO2)n1. The normalized spacial score (nSPS) is 18.8. The van der Waals surface area contributed by atoms with Crippen molar-refractivity contribution in [1.29, 1.82) is 0 Å². The maximum atomic E-state index is 6.00. The van der Waals surface area contributed by atoms with Crippen LogP contribution in [0.1, 0.15) is 31.4 Å². The minimum absolute atomic E-state index is 0.391. The standard InChI is InChI=1S/C14H20N4OS2/c1-9-8-20-14(17-9)11-12(15)18-21-13(11)16-6-5-10-4-2-3-7-19-10/h8,10,16H,2-7H2,1H3,(H2,15,18). The Morgan fingerprint density at radius 2 is 2.38 bits per heavy atom. The second-order valence-electron chi connectivity index (χ2n) is 5.27. The molecule has 3 N–H and O–H groups in total. The Morgan fingerprint density at radius 3 is 3.10 bits per heavy atom. The average Bonchev–Trinajstić information content (AvgIpc) is 3.06. The molecule has 3 heterocycles. The van der Waals surface area contributed by atoms with Crippen molar-refractivity contribution in [2.24, 2.45) is 0 Å². The molecule has 7 heteroatoms. The number of aromatic nitrogens is 2. The first-order valence-corrected chi connectivity index (χ1v) is 8.92. The number of ether oxygens (including phenoxy) is 1. The van der Waals surface area contributed by atoms with Gasteiger partial charge in [0, 0.05) is 24.2 Å². The number of nitrogen functional groups attached to an aromatic ring is 1. The van der Waals surface area contributed by atoms with Gasteiger partial charge in [-0.1, -0.05) is 0 Å². The number of anilines is 2. The Kier molecular flexibility index (Phi) is 4.72. The van der Waals surface area contributed by atoms with E-state index >= 15 is 0 Å². The molecule has 1 atom stereocenters. The molecule has 21 heavy (non-hydrogen) atoms. The van der Waals surface area contributed by atoms with Crippen molar-refractivity contribution in [2.75, 3.05) is 24.2 Å². The van der Waals surface area contributed by atoms with Gasteiger partial charge < -0.3 is 15.8 Å². The van der Waals surface area contributed by atoms with Gasteiger partial charge in [-0.25, -0.2) is 4.98 Å². The molecule has 1 saturated heterocycles. The summed E-state index contributed by atoms with van der Waals surface area (Å²) in [5.41, 5.74) is 7.96. The Bertz CT molecular complexity index is 590. The minimum atomic E-state index is 0.391. The Morgan fingerprint density at radius 1 is 1.48 bits per heavy atom. The summed E-state index contributed by atoms with van der Waals surface area (Å²) in [6.07, 6.45) is 5.06. The second-order valence-corrected chi connectivity index (χ2v) is 6.90. The smallest absolute Gasteiger partial charge is 0.149 e. The fraction of sp³-hybridized carbons (Fsp3) is 0.571. The summed E-state index contributed by atoms with van der Waals surface area (Å²) in [4.78, 5) is 4.51. The van der Waals surface area contributed by atoms with Gasteiger partial charge in [0.15, 0.2) is 0 Å². The number of nitrogens with zero attached hydrogens (tertiary/aromatic N) is 2. The molecule has 0 saturated carbocycles. The summed E-state index contributed by atoms with van der Waals surface area (Å²) in [7, 11) is 0. The van der Waals surface area contributed by atoms with Gasteiger partial charge in [0.2, 0.25) is 0 Å². The zero-order valence-electron chi connectivity index (χ0n) is 12.1. The largest absolute Gasteiger partial charge is 0.382 e. The Balaban J connectivity index is 1.63. The highest BCUT2D eigenvalue weighted by Crippen LogP contribution is 2.38. The fourth-order valence-corrected chi connectivity index (χ4v) is 4.14. The third-order valence-corrected chi connectivity index (χ3v) is 5.37. The predicted octanol–water partition coefficient (Wildman–Crippen LogP) is 3.53. The van der Waals surface area contributed by atoms with Crippen molar-refractivity contribution in [1.82, 2.24) is 9.36 Å². The fourth-order valence-electron chi connectivity index (χ4n) is 2.48. The lowest BCUT2D eigenvalue weighted by molar-refractivity contribution is 0.0134. The number of hydrogen-bond donors (Lipinski definition) is 2. The van der Waals surface area contributed by atoms with Gasteiger partial charge in [-0.15, -0.1) is 11.3 Å². The molecule has 0 bridgehead atoms. The predicted molar refractivity (Wildman–Crippen MR) is 89.1 cm³/mol. The van der Waals surface area contributed by atoms with Gasteiger partial charge >= 0.3 is 0 Å². The molecule has 0 aromatic carbocycles. The van der Waals surface area contributed by atoms with Gasteiger partial charge in [0.25, 0.3) is 0 Å². The topological polar surface area (TPSA) is 73.1 Å². The highest BCUT2D eigenvalue weighted by atomic mass is 32.1. The molecule has 5 nitrogen and oxygen atoms in total. The molecule has 3 rings (SSSR count). The maximum absolute atomic E-state index is 6.00. The van der Waals surface area contributed by atoms with E-state index in [-0.39, 0.29) is 0 Å². The van der Waals surface area contributed by atoms with E-state index < -0.39 is 0 Å². The van der Waals surface area contributed by atoms with Crippen LogP contribution in [0.4, 0.5) is 10.8 Å². The van der Waals surface area contributed by atoms with Crippen LogP contribution in [-0.4, -0.2) is 28.6 Å². The van der Waals surface area contributed by atoms with Gasteiger partial charge in [-0.2, -0.15) is 4.37 Å². The van der Waals surface area contributed by atoms with Gasteiger partial charge in [0.1, 0.15) is 15.8 Å². The third-order valence-electron chi connectivity index (χ3n) is 3.58. The first kappa shape index (κ1) is 14.7. The van der Waals surface area contributed by atoms with E-state index in [2.05, 4.69) is 14.7 Å². The van der Waals surface area contributed by atoms with E-state index in [1.807, 2.05) is 12.3 Å². The van der Waals surface area contributed by atoms with E-state index in [0.717, 1.165) is 40.8 Å². The summed E-state index contributed by atoms with van der Waals surface area (Å²) >= 11 is 3.01. The molecule has 2 aromatic rings. The molecular weight excluding hydrogens is 304 g/mol. The van der Waals surface area contributed by atoms with Gasteiger partial charge in [0.05, 0.1) is 11.7 Å². The quantitative estimate of drug-likeness (QED) is 0.880. The van der Waals surface area contributed by atoms with Crippen LogP contribution >= 0.6 is 22.9 Å². The molecule has 114 valence electrons. The highest BCUT2D eigenvalue weighted by molar-refractivity contribution is 7.15. The molecule has 0 spiro atoms. The number of nitrogens with two attached hydrogens (primary N) is 1. The zero-order chi connectivity index (χ0) is 14.7. The van der Waals surface area contributed by atoms with E-state index in [1.165, 1.54) is 30.8 Å². The molecule has 1 aliphatic rings. The number of thiazole rings is 1. The van der Waals surface area contributed by atoms with E-state index in [9.17, 15) is 0 Å². The maximum Gasteiger partial charge on any atom is 0.149 e. The second kappa shape index (κ2) is 6.72. The molecule has 0 aliphatic carbocycles. The molecular formula is C14H20N4OS2. The molecule has 1 fully saturated rings. The highest BCUT2D eigenvalue weighted by Gasteiger charge is 2.18. The van der Waals surface area contributed by atoms with Gasteiger partial charge in [-0.05, 0) is 44.1 Å².